The molecule has 0 unspecified atom stereocenters. The lowest BCUT2D eigenvalue weighted by molar-refractivity contribution is 0.230. The number of hydrogen-bond acceptors (Lipinski definition) is 7. The van der Waals surface area contributed by atoms with Gasteiger partial charge in [-0.2, -0.15) is 0 Å². The summed E-state index contributed by atoms with van der Waals surface area (Å²) in [4.78, 5) is 16.2. The third-order valence-electron chi connectivity index (χ3n) is 6.24. The second kappa shape index (κ2) is 8.03. The maximum atomic E-state index is 6.23. The minimum Gasteiger partial charge on any atom is -0.382 e. The van der Waals surface area contributed by atoms with Crippen LogP contribution in [0.5, 0.6) is 0 Å². The predicted octanol–water partition coefficient (Wildman–Crippen LogP) is 4.95. The maximum absolute atomic E-state index is 6.23. The summed E-state index contributed by atoms with van der Waals surface area (Å²) in [6.45, 7) is 6.50. The van der Waals surface area contributed by atoms with E-state index in [1.165, 1.54) is 49.4 Å². The second-order valence-electron chi connectivity index (χ2n) is 8.30. The van der Waals surface area contributed by atoms with Crippen molar-refractivity contribution >= 4 is 40.8 Å². The Balaban J connectivity index is 1.44. The van der Waals surface area contributed by atoms with Gasteiger partial charge in [0.25, 0.3) is 0 Å². The summed E-state index contributed by atoms with van der Waals surface area (Å²) in [7, 11) is 0. The SMILES string of the molecule is CC(C)=C1CCC2(CCN(c3cnc(Sc4ccnc(N)c4Cl)c(N)n3)CC2)C1. The summed E-state index contributed by atoms with van der Waals surface area (Å²) in [5.41, 5.74) is 15.6. The lowest BCUT2D eigenvalue weighted by atomic mass is 9.76. The van der Waals surface area contributed by atoms with E-state index in [9.17, 15) is 0 Å². The Hall–Kier alpha value is -1.99. The maximum Gasteiger partial charge on any atom is 0.158 e. The molecule has 0 bridgehead atoms. The zero-order valence-electron chi connectivity index (χ0n) is 16.9. The van der Waals surface area contributed by atoms with Crippen molar-refractivity contribution in [2.24, 2.45) is 5.41 Å². The van der Waals surface area contributed by atoms with Crippen molar-refractivity contribution in [2.75, 3.05) is 29.5 Å². The zero-order valence-corrected chi connectivity index (χ0v) is 18.5. The highest BCUT2D eigenvalue weighted by atomic mass is 35.5. The quantitative estimate of drug-likeness (QED) is 0.665. The van der Waals surface area contributed by atoms with Gasteiger partial charge in [-0.05, 0) is 57.4 Å². The Bertz CT molecular complexity index is 948. The van der Waals surface area contributed by atoms with Crippen LogP contribution in [0.2, 0.25) is 5.02 Å². The molecule has 1 aliphatic heterocycles. The van der Waals surface area contributed by atoms with Gasteiger partial charge in [0, 0.05) is 24.2 Å². The molecule has 0 amide bonds. The van der Waals surface area contributed by atoms with Gasteiger partial charge in [-0.15, -0.1) is 0 Å². The topological polar surface area (TPSA) is 94.0 Å². The zero-order chi connectivity index (χ0) is 20.6. The Morgan fingerprint density at radius 2 is 1.90 bits per heavy atom. The van der Waals surface area contributed by atoms with Crippen LogP contribution in [0.1, 0.15) is 46.0 Å². The standard InChI is InChI=1S/C21H27ClN6S/c1-13(2)14-3-5-21(11-14)6-9-28(10-7-21)16-12-26-20(19(24)27-16)29-15-4-8-25-18(23)17(15)22/h4,8,12H,3,5-7,9-11H2,1-2H3,(H2,23,25)(H2,24,27). The first-order chi connectivity index (χ1) is 13.9. The fourth-order valence-corrected chi connectivity index (χ4v) is 5.36. The summed E-state index contributed by atoms with van der Waals surface area (Å²) in [6.07, 6.45) is 9.69. The molecule has 2 fully saturated rings. The van der Waals surface area contributed by atoms with E-state index in [0.717, 1.165) is 23.8 Å². The smallest absolute Gasteiger partial charge is 0.158 e. The molecule has 4 N–H and O–H groups in total. The number of nitrogens with two attached hydrogens (primary N) is 2. The minimum absolute atomic E-state index is 0.297. The van der Waals surface area contributed by atoms with E-state index in [2.05, 4.69) is 33.7 Å². The molecule has 0 aromatic carbocycles. The molecule has 0 radical (unpaired) electrons. The van der Waals surface area contributed by atoms with Crippen molar-refractivity contribution in [3.63, 3.8) is 0 Å². The van der Waals surface area contributed by atoms with E-state index in [0.29, 0.717) is 27.1 Å². The summed E-state index contributed by atoms with van der Waals surface area (Å²) in [6, 6.07) is 1.80. The lowest BCUT2D eigenvalue weighted by Gasteiger charge is -2.39. The van der Waals surface area contributed by atoms with E-state index in [1.54, 1.807) is 17.8 Å². The monoisotopic (exact) mass is 430 g/mol. The van der Waals surface area contributed by atoms with Crippen LogP contribution in [0, 0.1) is 5.41 Å². The van der Waals surface area contributed by atoms with Gasteiger partial charge in [0.15, 0.2) is 5.82 Å². The van der Waals surface area contributed by atoms with E-state index < -0.39 is 0 Å². The third kappa shape index (κ3) is 4.16. The fourth-order valence-electron chi connectivity index (χ4n) is 4.35. The summed E-state index contributed by atoms with van der Waals surface area (Å²) in [5, 5.41) is 1.04. The number of hydrogen-bond donors (Lipinski definition) is 2. The van der Waals surface area contributed by atoms with Gasteiger partial charge in [-0.3, -0.25) is 0 Å². The normalized spacial score (nSPS) is 18.4. The number of anilines is 3. The molecule has 2 aliphatic rings. The number of allylic oxidation sites excluding steroid dienone is 2. The van der Waals surface area contributed by atoms with Gasteiger partial charge >= 0.3 is 0 Å². The average Bonchev–Trinajstić information content (AvgIpc) is 3.11. The van der Waals surface area contributed by atoms with Crippen LogP contribution in [0.4, 0.5) is 17.5 Å². The summed E-state index contributed by atoms with van der Waals surface area (Å²) < 4.78 is 0. The summed E-state index contributed by atoms with van der Waals surface area (Å²) >= 11 is 7.58. The minimum atomic E-state index is 0.297. The van der Waals surface area contributed by atoms with E-state index >= 15 is 0 Å². The van der Waals surface area contributed by atoms with Crippen LogP contribution in [-0.2, 0) is 0 Å². The van der Waals surface area contributed by atoms with Crippen molar-refractivity contribution in [2.45, 2.75) is 55.9 Å². The van der Waals surface area contributed by atoms with Gasteiger partial charge < -0.3 is 16.4 Å². The third-order valence-corrected chi connectivity index (χ3v) is 7.82. The molecule has 2 aromatic heterocycles. The van der Waals surface area contributed by atoms with Gasteiger partial charge in [0.05, 0.1) is 11.2 Å². The first-order valence-corrected chi connectivity index (χ1v) is 11.2. The van der Waals surface area contributed by atoms with E-state index in [1.807, 2.05) is 6.20 Å². The molecule has 1 saturated heterocycles. The number of halogens is 1. The van der Waals surface area contributed by atoms with E-state index in [-0.39, 0.29) is 0 Å². The van der Waals surface area contributed by atoms with Crippen LogP contribution in [-0.4, -0.2) is 28.0 Å². The molecule has 4 rings (SSSR count). The molecule has 1 spiro atoms. The molecule has 3 heterocycles. The van der Waals surface area contributed by atoms with Crippen molar-refractivity contribution in [3.05, 3.63) is 34.6 Å². The van der Waals surface area contributed by atoms with Crippen molar-refractivity contribution in [3.8, 4) is 0 Å². The highest BCUT2D eigenvalue weighted by Crippen LogP contribution is 2.49. The second-order valence-corrected chi connectivity index (χ2v) is 9.70. The fraction of sp³-hybridized carbons (Fsp3) is 0.476. The molecule has 154 valence electrons. The largest absolute Gasteiger partial charge is 0.382 e. The number of rotatable bonds is 3. The first-order valence-electron chi connectivity index (χ1n) is 9.97. The molecular formula is C21H27ClN6S. The Morgan fingerprint density at radius 3 is 2.55 bits per heavy atom. The highest BCUT2D eigenvalue weighted by Gasteiger charge is 2.39. The van der Waals surface area contributed by atoms with Crippen molar-refractivity contribution in [1.82, 2.24) is 15.0 Å². The van der Waals surface area contributed by atoms with Gasteiger partial charge in [0.1, 0.15) is 16.7 Å². The molecule has 6 nitrogen and oxygen atoms in total. The molecule has 2 aromatic rings. The molecule has 0 atom stereocenters. The van der Waals surface area contributed by atoms with Gasteiger partial charge in [-0.25, -0.2) is 15.0 Å². The number of pyridine rings is 1. The molecule has 29 heavy (non-hydrogen) atoms. The van der Waals surface area contributed by atoms with Crippen LogP contribution in [0.25, 0.3) is 0 Å². The number of nitrogens with zero attached hydrogens (tertiary/aromatic N) is 4. The number of nitrogen functional groups attached to an aromatic ring is 2. The molecule has 8 heteroatoms. The van der Waals surface area contributed by atoms with Crippen LogP contribution in [0.3, 0.4) is 0 Å². The Morgan fingerprint density at radius 1 is 1.14 bits per heavy atom. The van der Waals surface area contributed by atoms with Gasteiger partial charge in [0.2, 0.25) is 0 Å². The lowest BCUT2D eigenvalue weighted by Crippen LogP contribution is -2.39. The van der Waals surface area contributed by atoms with Crippen LogP contribution in [0.15, 0.2) is 39.5 Å². The molecule has 1 saturated carbocycles. The van der Waals surface area contributed by atoms with Crippen molar-refractivity contribution in [1.29, 1.82) is 0 Å². The molecule has 1 aliphatic carbocycles. The average molecular weight is 431 g/mol. The molecular weight excluding hydrogens is 404 g/mol. The summed E-state index contributed by atoms with van der Waals surface area (Å²) in [5.74, 6) is 1.56. The Kier molecular flexibility index (Phi) is 5.62. The van der Waals surface area contributed by atoms with Crippen LogP contribution >= 0.6 is 23.4 Å². The number of aromatic nitrogens is 3. The van der Waals surface area contributed by atoms with Crippen LogP contribution < -0.4 is 16.4 Å². The highest BCUT2D eigenvalue weighted by molar-refractivity contribution is 7.99. The number of piperidine rings is 1. The first kappa shape index (κ1) is 20.3. The Labute approximate surface area is 181 Å². The predicted molar refractivity (Wildman–Crippen MR) is 120 cm³/mol. The van der Waals surface area contributed by atoms with Gasteiger partial charge in [-0.1, -0.05) is 34.5 Å². The van der Waals surface area contributed by atoms with E-state index in [4.69, 9.17) is 23.1 Å². The van der Waals surface area contributed by atoms with Crippen molar-refractivity contribution < 1.29 is 0 Å².